The third-order valence-corrected chi connectivity index (χ3v) is 5.57. The minimum Gasteiger partial charge on any atom is -0.380 e. The molecule has 1 aromatic heterocycles. The summed E-state index contributed by atoms with van der Waals surface area (Å²) >= 11 is 1.45. The molecule has 6 heteroatoms. The number of amides is 1. The summed E-state index contributed by atoms with van der Waals surface area (Å²) in [5.41, 5.74) is 1.93. The van der Waals surface area contributed by atoms with E-state index in [2.05, 4.69) is 17.2 Å². The Morgan fingerprint density at radius 1 is 1.36 bits per heavy atom. The number of thiophene rings is 1. The fourth-order valence-electron chi connectivity index (χ4n) is 2.82. The molecule has 5 nitrogen and oxygen atoms in total. The minimum atomic E-state index is -1.25. The second-order valence-electron chi connectivity index (χ2n) is 6.13. The van der Waals surface area contributed by atoms with Crippen LogP contribution in [-0.2, 0) is 10.3 Å². The Morgan fingerprint density at radius 3 is 2.84 bits per heavy atom. The number of benzene rings is 1. The van der Waals surface area contributed by atoms with Gasteiger partial charge in [-0.05, 0) is 48.6 Å². The van der Waals surface area contributed by atoms with Gasteiger partial charge in [-0.25, -0.2) is 0 Å². The number of hydrogen-bond acceptors (Lipinski definition) is 4. The van der Waals surface area contributed by atoms with E-state index in [0.29, 0.717) is 0 Å². The summed E-state index contributed by atoms with van der Waals surface area (Å²) in [5.74, 6) is 5.43. The summed E-state index contributed by atoms with van der Waals surface area (Å²) in [5, 5.41) is 23.4. The Kier molecular flexibility index (Phi) is 4.38. The molecule has 3 N–H and O–H groups in total. The van der Waals surface area contributed by atoms with Crippen molar-refractivity contribution in [2.75, 3.05) is 7.05 Å². The molecule has 2 aromatic rings. The molecule has 1 saturated heterocycles. The third-order valence-electron chi connectivity index (χ3n) is 4.40. The number of carbonyl (C=O) groups is 1. The molecule has 1 aromatic carbocycles. The summed E-state index contributed by atoms with van der Waals surface area (Å²) in [6.45, 7) is 3.54. The average molecular weight is 353 g/mol. The van der Waals surface area contributed by atoms with Crippen LogP contribution in [0.1, 0.15) is 24.3 Å². The number of hydrogen-bond donors (Lipinski definition) is 3. The zero-order chi connectivity index (χ0) is 18.2. The van der Waals surface area contributed by atoms with Gasteiger partial charge in [-0.1, -0.05) is 18.1 Å². The topological polar surface area (TPSA) is 76.4 Å². The van der Waals surface area contributed by atoms with Crippen LogP contribution in [0, 0.1) is 17.3 Å². The number of likely N-dealkylation sites (N-methyl/N-ethyl adjacent to an activating group) is 1. The molecule has 0 aliphatic carbocycles. The van der Waals surface area contributed by atoms with E-state index in [1.165, 1.54) is 18.4 Å². The average Bonchev–Trinajstić information content (AvgIpc) is 3.10. The van der Waals surface area contributed by atoms with Crippen LogP contribution in [0.25, 0.3) is 11.1 Å². The molecule has 2 heterocycles. The first-order chi connectivity index (χ1) is 11.9. The Balaban J connectivity index is 1.98. The highest BCUT2D eigenvalue weighted by Gasteiger charge is 2.47. The van der Waals surface area contributed by atoms with Crippen LogP contribution < -0.4 is 5.32 Å². The number of nitrogens with zero attached hydrogens (tertiary/aromatic N) is 1. The molecule has 1 amide bonds. The van der Waals surface area contributed by atoms with Crippen LogP contribution in [0.4, 0.5) is 0 Å². The van der Waals surface area contributed by atoms with Crippen molar-refractivity contribution in [3.05, 3.63) is 46.2 Å². The lowest BCUT2D eigenvalue weighted by atomic mass is 9.89. The first-order valence-corrected chi connectivity index (χ1v) is 8.69. The number of carbonyl (C=O) groups excluding carboxylic acids is 1. The number of nitrogens with one attached hydrogen (secondary N) is 2. The molecular formula is C19H19N3O2S. The van der Waals surface area contributed by atoms with Crippen LogP contribution in [0.15, 0.2) is 35.7 Å². The van der Waals surface area contributed by atoms with E-state index >= 15 is 0 Å². The maximum atomic E-state index is 12.2. The van der Waals surface area contributed by atoms with Crippen molar-refractivity contribution in [1.82, 2.24) is 10.2 Å². The van der Waals surface area contributed by atoms with Gasteiger partial charge in [0.05, 0.1) is 0 Å². The normalized spacial score (nSPS) is 23.0. The number of rotatable bonds is 2. The lowest BCUT2D eigenvalue weighted by molar-refractivity contribution is -0.142. The van der Waals surface area contributed by atoms with E-state index in [9.17, 15) is 9.90 Å². The molecule has 1 aliphatic rings. The predicted octanol–water partition coefficient (Wildman–Crippen LogP) is 2.36. The zero-order valence-corrected chi connectivity index (χ0v) is 15.1. The van der Waals surface area contributed by atoms with Crippen LogP contribution in [0.5, 0.6) is 0 Å². The van der Waals surface area contributed by atoms with Gasteiger partial charge in [0.15, 0.2) is 12.1 Å². The van der Waals surface area contributed by atoms with Crippen LogP contribution in [0.2, 0.25) is 0 Å². The molecule has 0 unspecified atom stereocenters. The largest absolute Gasteiger partial charge is 0.380 e. The standard InChI is InChI=1S/C19H19N3O2S/c1-4-6-12-7-5-8-13(9-12)14-10-15(25-11-14)19(2)16(23)17(24)22(3)18(20)21-19/h5,7-11,16,23H,1-3H3,(H2,20,21)/t16-,19+/m0/s1. The van der Waals surface area contributed by atoms with Gasteiger partial charge in [0.2, 0.25) is 0 Å². The Bertz CT molecular complexity index is 909. The van der Waals surface area contributed by atoms with Crippen molar-refractivity contribution in [2.45, 2.75) is 25.5 Å². The fraction of sp³-hybridized carbons (Fsp3) is 0.263. The fourth-order valence-corrected chi connectivity index (χ4v) is 3.88. The first-order valence-electron chi connectivity index (χ1n) is 7.81. The van der Waals surface area contributed by atoms with Gasteiger partial charge < -0.3 is 10.4 Å². The van der Waals surface area contributed by atoms with Crippen molar-refractivity contribution in [2.24, 2.45) is 0 Å². The monoisotopic (exact) mass is 353 g/mol. The smallest absolute Gasteiger partial charge is 0.260 e. The lowest BCUT2D eigenvalue weighted by Gasteiger charge is -2.42. The van der Waals surface area contributed by atoms with Crippen molar-refractivity contribution in [1.29, 1.82) is 5.41 Å². The second-order valence-corrected chi connectivity index (χ2v) is 7.04. The lowest BCUT2D eigenvalue weighted by Crippen LogP contribution is -2.66. The van der Waals surface area contributed by atoms with Crippen LogP contribution >= 0.6 is 11.3 Å². The third kappa shape index (κ3) is 2.93. The molecule has 25 heavy (non-hydrogen) atoms. The van der Waals surface area contributed by atoms with Crippen LogP contribution in [0.3, 0.4) is 0 Å². The molecule has 0 radical (unpaired) electrons. The van der Waals surface area contributed by atoms with E-state index in [4.69, 9.17) is 5.41 Å². The summed E-state index contributed by atoms with van der Waals surface area (Å²) in [4.78, 5) is 14.1. The van der Waals surface area contributed by atoms with Gasteiger partial charge in [-0.2, -0.15) is 0 Å². The second kappa shape index (κ2) is 6.36. The molecule has 2 atom stereocenters. The van der Waals surface area contributed by atoms with Crippen molar-refractivity contribution in [3.63, 3.8) is 0 Å². The number of guanidine groups is 1. The van der Waals surface area contributed by atoms with E-state index < -0.39 is 17.6 Å². The van der Waals surface area contributed by atoms with E-state index in [-0.39, 0.29) is 5.96 Å². The van der Waals surface area contributed by atoms with Crippen molar-refractivity contribution in [3.8, 4) is 23.0 Å². The Hall–Kier alpha value is -2.62. The van der Waals surface area contributed by atoms with Gasteiger partial charge in [-0.15, -0.1) is 17.3 Å². The zero-order valence-electron chi connectivity index (χ0n) is 14.3. The summed E-state index contributed by atoms with van der Waals surface area (Å²) < 4.78 is 0. The SMILES string of the molecule is CC#Cc1cccc(-c2csc([C@@]3(C)NC(=N)N(C)C(=O)[C@@H]3O)c2)c1. The number of aliphatic hydroxyl groups excluding tert-OH is 1. The molecule has 1 fully saturated rings. The van der Waals surface area contributed by atoms with Gasteiger partial charge in [-0.3, -0.25) is 15.1 Å². The Morgan fingerprint density at radius 2 is 2.12 bits per heavy atom. The maximum Gasteiger partial charge on any atom is 0.260 e. The Labute approximate surface area is 150 Å². The molecule has 128 valence electrons. The summed E-state index contributed by atoms with van der Waals surface area (Å²) in [6, 6.07) is 9.87. The van der Waals surface area contributed by atoms with E-state index in [0.717, 1.165) is 26.5 Å². The maximum absolute atomic E-state index is 12.2. The van der Waals surface area contributed by atoms with Gasteiger partial charge in [0.25, 0.3) is 5.91 Å². The van der Waals surface area contributed by atoms with Gasteiger partial charge in [0, 0.05) is 17.5 Å². The molecule has 1 aliphatic heterocycles. The highest BCUT2D eigenvalue weighted by Crippen LogP contribution is 2.36. The highest BCUT2D eigenvalue weighted by molar-refractivity contribution is 7.10. The van der Waals surface area contributed by atoms with Gasteiger partial charge in [0.1, 0.15) is 5.54 Å². The number of aliphatic hydroxyl groups is 1. The molecular weight excluding hydrogens is 334 g/mol. The molecule has 0 bridgehead atoms. The predicted molar refractivity (Wildman–Crippen MR) is 99.3 cm³/mol. The highest BCUT2D eigenvalue weighted by atomic mass is 32.1. The molecule has 0 spiro atoms. The summed E-state index contributed by atoms with van der Waals surface area (Å²) in [6.07, 6.45) is -1.25. The van der Waals surface area contributed by atoms with E-state index in [1.54, 1.807) is 13.8 Å². The quantitative estimate of drug-likeness (QED) is 0.726. The van der Waals surface area contributed by atoms with Crippen LogP contribution in [-0.4, -0.2) is 35.0 Å². The van der Waals surface area contributed by atoms with Gasteiger partial charge >= 0.3 is 0 Å². The van der Waals surface area contributed by atoms with E-state index in [1.807, 2.05) is 35.7 Å². The molecule has 3 rings (SSSR count). The summed E-state index contributed by atoms with van der Waals surface area (Å²) in [7, 11) is 1.47. The van der Waals surface area contributed by atoms with Crippen molar-refractivity contribution >= 4 is 23.2 Å². The minimum absolute atomic E-state index is 0.0204. The first kappa shape index (κ1) is 17.2. The van der Waals surface area contributed by atoms with Crippen molar-refractivity contribution < 1.29 is 9.90 Å². The molecule has 0 saturated carbocycles.